The van der Waals surface area contributed by atoms with Crippen molar-refractivity contribution in [1.29, 1.82) is 0 Å². The molecule has 2 aromatic heterocycles. The fraction of sp³-hybridized carbons (Fsp3) is 0.167. The second-order valence-corrected chi connectivity index (χ2v) is 4.92. The zero-order chi connectivity index (χ0) is 15.6. The van der Waals surface area contributed by atoms with E-state index in [-0.39, 0.29) is 11.3 Å². The number of hydrogen-bond acceptors (Lipinski definition) is 5. The number of halogens is 3. The molecule has 6 nitrogen and oxygen atoms in total. The lowest BCUT2D eigenvalue weighted by atomic mass is 10.1. The topological polar surface area (TPSA) is 78.2 Å². The van der Waals surface area contributed by atoms with Crippen LogP contribution < -0.4 is 4.74 Å². The Balaban J connectivity index is 2.38. The van der Waals surface area contributed by atoms with Crippen molar-refractivity contribution in [2.45, 2.75) is 13.0 Å². The van der Waals surface area contributed by atoms with Crippen LogP contribution in [0.5, 0.6) is 5.75 Å². The van der Waals surface area contributed by atoms with Crippen LogP contribution in [0, 0.1) is 21.7 Å². The van der Waals surface area contributed by atoms with Crippen molar-refractivity contribution >= 4 is 21.7 Å². The molecule has 2 rings (SSSR count). The van der Waals surface area contributed by atoms with Gasteiger partial charge in [0.05, 0.1) is 22.4 Å². The number of nitrogens with zero attached hydrogens (tertiary/aromatic N) is 3. The van der Waals surface area contributed by atoms with Gasteiger partial charge in [-0.1, -0.05) is 0 Å². The maximum atomic E-state index is 13.6. The molecular formula is C12H8BrF2N3O3. The van der Waals surface area contributed by atoms with Crippen molar-refractivity contribution in [2.75, 3.05) is 0 Å². The first-order valence-corrected chi connectivity index (χ1v) is 6.45. The van der Waals surface area contributed by atoms with Gasteiger partial charge < -0.3 is 14.9 Å². The average molecular weight is 360 g/mol. The molecular weight excluding hydrogens is 352 g/mol. The van der Waals surface area contributed by atoms with E-state index in [2.05, 4.69) is 25.9 Å². The van der Waals surface area contributed by atoms with Crippen molar-refractivity contribution in [2.24, 2.45) is 0 Å². The second-order valence-electron chi connectivity index (χ2n) is 4.01. The molecule has 0 radical (unpaired) electrons. The highest BCUT2D eigenvalue weighted by Gasteiger charge is 2.23. The average Bonchev–Trinajstić information content (AvgIpc) is 2.38. The molecule has 9 heteroatoms. The Morgan fingerprint density at radius 3 is 2.52 bits per heavy atom. The van der Waals surface area contributed by atoms with Crippen LogP contribution in [0.3, 0.4) is 0 Å². The first-order chi connectivity index (χ1) is 9.90. The summed E-state index contributed by atoms with van der Waals surface area (Å²) in [6.07, 6.45) is 1.81. The molecule has 0 amide bonds. The zero-order valence-corrected chi connectivity index (χ0v) is 12.2. The molecule has 0 unspecified atom stereocenters. The Morgan fingerprint density at radius 1 is 1.33 bits per heavy atom. The Bertz CT molecular complexity index is 679. The molecule has 0 N–H and O–H groups in total. The predicted octanol–water partition coefficient (Wildman–Crippen LogP) is 3.57. The maximum Gasteiger partial charge on any atom is 0.406 e. The summed E-state index contributed by atoms with van der Waals surface area (Å²) < 4.78 is 32.9. The summed E-state index contributed by atoms with van der Waals surface area (Å²) in [7, 11) is 0. The summed E-state index contributed by atoms with van der Waals surface area (Å²) in [6, 6.07) is 1.30. The lowest BCUT2D eigenvalue weighted by Crippen LogP contribution is -2.10. The fourth-order valence-corrected chi connectivity index (χ4v) is 2.01. The Morgan fingerprint density at radius 2 is 1.95 bits per heavy atom. The van der Waals surface area contributed by atoms with Crippen molar-refractivity contribution in [3.8, 4) is 5.75 Å². The third-order valence-corrected chi connectivity index (χ3v) is 3.01. The van der Waals surface area contributed by atoms with E-state index in [0.29, 0.717) is 4.47 Å². The number of pyridine rings is 2. The molecule has 0 bridgehead atoms. The van der Waals surface area contributed by atoms with Gasteiger partial charge in [-0.3, -0.25) is 4.98 Å². The number of rotatable bonds is 4. The van der Waals surface area contributed by atoms with Gasteiger partial charge in [-0.15, -0.1) is 0 Å². The number of aromatic nitrogens is 2. The molecule has 0 aromatic carbocycles. The van der Waals surface area contributed by atoms with E-state index in [1.165, 1.54) is 19.2 Å². The maximum absolute atomic E-state index is 13.6. The van der Waals surface area contributed by atoms with E-state index in [1.54, 1.807) is 0 Å². The van der Waals surface area contributed by atoms with Crippen molar-refractivity contribution in [3.05, 3.63) is 56.4 Å². The molecule has 0 fully saturated rings. The molecule has 0 spiro atoms. The summed E-state index contributed by atoms with van der Waals surface area (Å²) in [5, 5.41) is 10.9. The number of ether oxygens (including phenoxy) is 1. The third kappa shape index (κ3) is 3.30. The molecule has 0 saturated carbocycles. The zero-order valence-electron chi connectivity index (χ0n) is 10.6. The van der Waals surface area contributed by atoms with E-state index >= 15 is 0 Å². The van der Waals surface area contributed by atoms with Crippen LogP contribution in [-0.4, -0.2) is 14.9 Å². The predicted molar refractivity (Wildman–Crippen MR) is 71.8 cm³/mol. The molecule has 0 aliphatic heterocycles. The summed E-state index contributed by atoms with van der Waals surface area (Å²) in [5.74, 6) is -2.53. The van der Waals surface area contributed by atoms with Crippen LogP contribution in [0.1, 0.15) is 18.6 Å². The Labute approximate surface area is 126 Å². The summed E-state index contributed by atoms with van der Waals surface area (Å²) in [6.45, 7) is 1.37. The lowest BCUT2D eigenvalue weighted by Gasteiger charge is -2.15. The molecule has 1 atom stereocenters. The smallest absolute Gasteiger partial charge is 0.406 e. The van der Waals surface area contributed by atoms with Crippen LogP contribution in [0.25, 0.3) is 0 Å². The molecule has 0 aliphatic carbocycles. The largest absolute Gasteiger partial charge is 0.478 e. The van der Waals surface area contributed by atoms with Gasteiger partial charge in [-0.25, -0.2) is 8.78 Å². The van der Waals surface area contributed by atoms with Gasteiger partial charge >= 0.3 is 5.82 Å². The van der Waals surface area contributed by atoms with Crippen molar-refractivity contribution < 1.29 is 18.4 Å². The number of hydrogen-bond donors (Lipinski definition) is 0. The lowest BCUT2D eigenvalue weighted by molar-refractivity contribution is -0.390. The fourth-order valence-electron chi connectivity index (χ4n) is 1.70. The van der Waals surface area contributed by atoms with E-state index < -0.39 is 28.5 Å². The summed E-state index contributed by atoms with van der Waals surface area (Å²) in [5.41, 5.74) is -0.362. The second kappa shape index (κ2) is 6.08. The van der Waals surface area contributed by atoms with Gasteiger partial charge in [0.1, 0.15) is 6.10 Å². The Hall–Kier alpha value is -2.16. The first-order valence-electron chi connectivity index (χ1n) is 5.65. The van der Waals surface area contributed by atoms with E-state index in [0.717, 1.165) is 12.4 Å². The monoisotopic (exact) mass is 359 g/mol. The molecule has 2 aromatic rings. The van der Waals surface area contributed by atoms with Crippen LogP contribution in [0.2, 0.25) is 0 Å². The molecule has 0 saturated heterocycles. The minimum atomic E-state index is -1.09. The minimum absolute atomic E-state index is 0.197. The van der Waals surface area contributed by atoms with Gasteiger partial charge in [0, 0.05) is 6.07 Å². The van der Waals surface area contributed by atoms with E-state index in [9.17, 15) is 18.9 Å². The Kier molecular flexibility index (Phi) is 4.41. The van der Waals surface area contributed by atoms with Gasteiger partial charge in [0.25, 0.3) is 0 Å². The quantitative estimate of drug-likeness (QED) is 0.615. The molecule has 110 valence electrons. The molecule has 2 heterocycles. The normalized spacial score (nSPS) is 12.0. The van der Waals surface area contributed by atoms with Crippen molar-refractivity contribution in [3.63, 3.8) is 0 Å². The third-order valence-electron chi connectivity index (χ3n) is 2.57. The molecule has 21 heavy (non-hydrogen) atoms. The number of nitro groups is 1. The standard InChI is InChI=1S/C12H8BrF2N3O3/c1-6(11-8(14)4-16-5-9(11)15)21-10-2-7(13)3-17-12(10)18(19)20/h2-6H,1H3/t6-/m0/s1. The highest BCUT2D eigenvalue weighted by atomic mass is 79.9. The first kappa shape index (κ1) is 15.2. The summed E-state index contributed by atoms with van der Waals surface area (Å²) in [4.78, 5) is 17.1. The highest BCUT2D eigenvalue weighted by Crippen LogP contribution is 2.32. The minimum Gasteiger partial charge on any atom is -0.478 e. The van der Waals surface area contributed by atoms with Gasteiger partial charge in [-0.05, 0) is 32.8 Å². The summed E-state index contributed by atoms with van der Waals surface area (Å²) >= 11 is 3.10. The van der Waals surface area contributed by atoms with Gasteiger partial charge in [-0.2, -0.15) is 0 Å². The van der Waals surface area contributed by atoms with Crippen LogP contribution in [0.15, 0.2) is 29.1 Å². The van der Waals surface area contributed by atoms with Gasteiger partial charge in [0.2, 0.25) is 5.75 Å². The van der Waals surface area contributed by atoms with Crippen molar-refractivity contribution in [1.82, 2.24) is 9.97 Å². The van der Waals surface area contributed by atoms with Gasteiger partial charge in [0.15, 0.2) is 17.8 Å². The van der Waals surface area contributed by atoms with Crippen LogP contribution in [-0.2, 0) is 0 Å². The van der Waals surface area contributed by atoms with Crippen LogP contribution >= 0.6 is 15.9 Å². The SMILES string of the molecule is C[C@H](Oc1cc(Br)cnc1[N+](=O)[O-])c1c(F)cncc1F. The van der Waals surface area contributed by atoms with Crippen LogP contribution in [0.4, 0.5) is 14.6 Å². The highest BCUT2D eigenvalue weighted by molar-refractivity contribution is 9.10. The molecule has 0 aliphatic rings. The van der Waals surface area contributed by atoms with E-state index in [1.807, 2.05) is 0 Å². The van der Waals surface area contributed by atoms with E-state index in [4.69, 9.17) is 4.74 Å².